The van der Waals surface area contributed by atoms with Crippen LogP contribution in [-0.2, 0) is 0 Å². The van der Waals surface area contributed by atoms with Crippen molar-refractivity contribution in [3.8, 4) is 11.1 Å². The molecule has 0 aliphatic carbocycles. The summed E-state index contributed by atoms with van der Waals surface area (Å²) in [5.74, 6) is 0. The number of benzene rings is 1. The van der Waals surface area contributed by atoms with Gasteiger partial charge in [0.2, 0.25) is 0 Å². The van der Waals surface area contributed by atoms with Gasteiger partial charge in [0.15, 0.2) is 0 Å². The molecule has 0 bridgehead atoms. The molecule has 1 aromatic carbocycles. The van der Waals surface area contributed by atoms with Crippen LogP contribution in [-0.4, -0.2) is 4.98 Å². The molecule has 0 radical (unpaired) electrons. The molecule has 0 aliphatic rings. The third kappa shape index (κ3) is 1.84. The highest BCUT2D eigenvalue weighted by atomic mass is 14.6. The van der Waals surface area contributed by atoms with E-state index in [2.05, 4.69) is 17.1 Å². The first kappa shape index (κ1) is 9.71. The van der Waals surface area contributed by atoms with Gasteiger partial charge in [-0.05, 0) is 48.7 Å². The molecule has 0 fully saturated rings. The van der Waals surface area contributed by atoms with E-state index >= 15 is 0 Å². The van der Waals surface area contributed by atoms with Crippen LogP contribution < -0.4 is 5.73 Å². The van der Waals surface area contributed by atoms with Gasteiger partial charge >= 0.3 is 0 Å². The van der Waals surface area contributed by atoms with Crippen molar-refractivity contribution in [2.45, 2.75) is 13.8 Å². The monoisotopic (exact) mass is 198 g/mol. The molecular formula is C13H14N2. The Morgan fingerprint density at radius 3 is 2.67 bits per heavy atom. The largest absolute Gasteiger partial charge is 0.398 e. The van der Waals surface area contributed by atoms with Gasteiger partial charge in [-0.3, -0.25) is 4.98 Å². The van der Waals surface area contributed by atoms with Crippen molar-refractivity contribution in [1.82, 2.24) is 4.98 Å². The zero-order chi connectivity index (χ0) is 10.8. The third-order valence-corrected chi connectivity index (χ3v) is 2.58. The Balaban J connectivity index is 2.59. The summed E-state index contributed by atoms with van der Waals surface area (Å²) in [6, 6.07) is 10.1. The molecule has 0 unspecified atom stereocenters. The minimum Gasteiger partial charge on any atom is -0.398 e. The Labute approximate surface area is 89.8 Å². The summed E-state index contributed by atoms with van der Waals surface area (Å²) in [6.07, 6.45) is 1.83. The zero-order valence-electron chi connectivity index (χ0n) is 8.99. The van der Waals surface area contributed by atoms with Gasteiger partial charge in [-0.15, -0.1) is 0 Å². The van der Waals surface area contributed by atoms with Gasteiger partial charge in [-0.25, -0.2) is 0 Å². The molecule has 2 aromatic rings. The number of nitrogens with two attached hydrogens (primary N) is 1. The highest BCUT2D eigenvalue weighted by Crippen LogP contribution is 2.26. The van der Waals surface area contributed by atoms with Crippen LogP contribution in [0.1, 0.15) is 11.3 Å². The van der Waals surface area contributed by atoms with Gasteiger partial charge in [0.05, 0.1) is 0 Å². The normalized spacial score (nSPS) is 10.3. The lowest BCUT2D eigenvalue weighted by atomic mass is 10.00. The topological polar surface area (TPSA) is 38.9 Å². The smallest absolute Gasteiger partial charge is 0.0378 e. The number of hydrogen-bond donors (Lipinski definition) is 1. The summed E-state index contributed by atoms with van der Waals surface area (Å²) in [4.78, 5) is 4.19. The molecule has 76 valence electrons. The van der Waals surface area contributed by atoms with Gasteiger partial charge in [-0.2, -0.15) is 0 Å². The average molecular weight is 198 g/mol. The number of nitrogens with zero attached hydrogens (tertiary/aromatic N) is 1. The molecule has 2 N–H and O–H groups in total. The Morgan fingerprint density at radius 1 is 1.13 bits per heavy atom. The van der Waals surface area contributed by atoms with Gasteiger partial charge in [0.25, 0.3) is 0 Å². The molecule has 0 spiro atoms. The molecule has 0 saturated heterocycles. The molecule has 0 aliphatic heterocycles. The average Bonchev–Trinajstić information content (AvgIpc) is 2.22. The number of aryl methyl sites for hydroxylation is 1. The maximum absolute atomic E-state index is 5.88. The van der Waals surface area contributed by atoms with Crippen LogP contribution in [0, 0.1) is 13.8 Å². The maximum atomic E-state index is 5.88. The lowest BCUT2D eigenvalue weighted by molar-refractivity contribution is 1.20. The predicted molar refractivity (Wildman–Crippen MR) is 63.6 cm³/mol. The zero-order valence-corrected chi connectivity index (χ0v) is 8.99. The minimum absolute atomic E-state index is 0.835. The predicted octanol–water partition coefficient (Wildman–Crippen LogP) is 2.95. The van der Waals surface area contributed by atoms with E-state index in [0.717, 1.165) is 16.9 Å². The highest BCUT2D eigenvalue weighted by molar-refractivity contribution is 5.72. The maximum Gasteiger partial charge on any atom is 0.0378 e. The third-order valence-electron chi connectivity index (χ3n) is 2.58. The first-order valence-electron chi connectivity index (χ1n) is 4.96. The highest BCUT2D eigenvalue weighted by Gasteiger charge is 2.03. The molecule has 0 atom stereocenters. The summed E-state index contributed by atoms with van der Waals surface area (Å²) in [7, 11) is 0. The molecule has 0 amide bonds. The number of nitrogen functional groups attached to an aromatic ring is 1. The first-order valence-corrected chi connectivity index (χ1v) is 4.96. The van der Waals surface area contributed by atoms with Crippen LogP contribution in [0.25, 0.3) is 11.1 Å². The summed E-state index contributed by atoms with van der Waals surface area (Å²) >= 11 is 0. The van der Waals surface area contributed by atoms with Crippen LogP contribution in [0.3, 0.4) is 0 Å². The first-order chi connectivity index (χ1) is 7.18. The van der Waals surface area contributed by atoms with Crippen LogP contribution >= 0.6 is 0 Å². The van der Waals surface area contributed by atoms with E-state index in [1.807, 2.05) is 38.2 Å². The number of anilines is 1. The Morgan fingerprint density at radius 2 is 1.93 bits per heavy atom. The molecule has 2 nitrogen and oxygen atoms in total. The SMILES string of the molecule is Cc1cc(-c2cccc(N)c2C)ccn1. The van der Waals surface area contributed by atoms with Crippen LogP contribution in [0.5, 0.6) is 0 Å². The van der Waals surface area contributed by atoms with Crippen molar-refractivity contribution in [3.63, 3.8) is 0 Å². The number of pyridine rings is 1. The Bertz CT molecular complexity index is 490. The van der Waals surface area contributed by atoms with Crippen LogP contribution in [0.2, 0.25) is 0 Å². The van der Waals surface area contributed by atoms with Gasteiger partial charge in [0.1, 0.15) is 0 Å². The molecular weight excluding hydrogens is 184 g/mol. The van der Waals surface area contributed by atoms with Gasteiger partial charge in [0, 0.05) is 17.6 Å². The number of hydrogen-bond acceptors (Lipinski definition) is 2. The molecule has 15 heavy (non-hydrogen) atoms. The fraction of sp³-hybridized carbons (Fsp3) is 0.154. The van der Waals surface area contributed by atoms with E-state index in [1.165, 1.54) is 11.1 Å². The Hall–Kier alpha value is -1.83. The summed E-state index contributed by atoms with van der Waals surface area (Å²) in [5, 5.41) is 0. The van der Waals surface area contributed by atoms with Crippen molar-refractivity contribution >= 4 is 5.69 Å². The lowest BCUT2D eigenvalue weighted by Crippen LogP contribution is -1.92. The quantitative estimate of drug-likeness (QED) is 0.715. The van der Waals surface area contributed by atoms with Crippen molar-refractivity contribution in [3.05, 3.63) is 47.8 Å². The standard InChI is InChI=1S/C13H14N2/c1-9-8-11(6-7-15-9)12-4-3-5-13(14)10(12)2/h3-8H,14H2,1-2H3. The summed E-state index contributed by atoms with van der Waals surface area (Å²) in [5.41, 5.74) is 11.2. The fourth-order valence-electron chi connectivity index (χ4n) is 1.68. The fourth-order valence-corrected chi connectivity index (χ4v) is 1.68. The second kappa shape index (κ2) is 3.73. The van der Waals surface area contributed by atoms with E-state index in [0.29, 0.717) is 0 Å². The van der Waals surface area contributed by atoms with Gasteiger partial charge < -0.3 is 5.73 Å². The van der Waals surface area contributed by atoms with Crippen LogP contribution in [0.4, 0.5) is 5.69 Å². The van der Waals surface area contributed by atoms with E-state index in [-0.39, 0.29) is 0 Å². The molecule has 2 heteroatoms. The number of aromatic nitrogens is 1. The van der Waals surface area contributed by atoms with E-state index in [9.17, 15) is 0 Å². The van der Waals surface area contributed by atoms with Crippen molar-refractivity contribution in [1.29, 1.82) is 0 Å². The lowest BCUT2D eigenvalue weighted by Gasteiger charge is -2.08. The van der Waals surface area contributed by atoms with Crippen molar-refractivity contribution in [2.75, 3.05) is 5.73 Å². The minimum atomic E-state index is 0.835. The van der Waals surface area contributed by atoms with E-state index in [4.69, 9.17) is 5.73 Å². The summed E-state index contributed by atoms with van der Waals surface area (Å²) in [6.45, 7) is 4.03. The van der Waals surface area contributed by atoms with Crippen molar-refractivity contribution in [2.24, 2.45) is 0 Å². The molecule has 1 heterocycles. The Kier molecular flexibility index (Phi) is 2.42. The number of rotatable bonds is 1. The second-order valence-corrected chi connectivity index (χ2v) is 3.71. The van der Waals surface area contributed by atoms with Crippen molar-refractivity contribution < 1.29 is 0 Å². The van der Waals surface area contributed by atoms with Crippen LogP contribution in [0.15, 0.2) is 36.5 Å². The van der Waals surface area contributed by atoms with E-state index < -0.39 is 0 Å². The van der Waals surface area contributed by atoms with Gasteiger partial charge in [-0.1, -0.05) is 12.1 Å². The van der Waals surface area contributed by atoms with E-state index in [1.54, 1.807) is 0 Å². The summed E-state index contributed by atoms with van der Waals surface area (Å²) < 4.78 is 0. The second-order valence-electron chi connectivity index (χ2n) is 3.71. The molecule has 0 saturated carbocycles. The molecule has 2 rings (SSSR count). The molecule has 1 aromatic heterocycles.